The third kappa shape index (κ3) is 2.76. The second kappa shape index (κ2) is 7.49. The molecule has 1 aromatic carbocycles. The first kappa shape index (κ1) is 23.0. The Morgan fingerprint density at radius 2 is 0.900 bits per heavy atom. The van der Waals surface area contributed by atoms with E-state index in [1.54, 1.807) is 27.7 Å². The SMILES string of the molecule is CC.CC.Cc1cc2c(s1)-c1c(C)c3c(c(C)c1C2(F)F)-c1sc(C)cc1C3(F)F. The van der Waals surface area contributed by atoms with Gasteiger partial charge in [0.15, 0.2) is 0 Å². The first-order valence-electron chi connectivity index (χ1n) is 10.2. The van der Waals surface area contributed by atoms with E-state index in [0.29, 0.717) is 20.9 Å². The zero-order valence-electron chi connectivity index (χ0n) is 18.5. The normalized spacial score (nSPS) is 15.9. The van der Waals surface area contributed by atoms with Crippen LogP contribution >= 0.6 is 22.7 Å². The van der Waals surface area contributed by atoms with Gasteiger partial charge in [-0.1, -0.05) is 27.7 Å². The van der Waals surface area contributed by atoms with Gasteiger partial charge in [-0.15, -0.1) is 22.7 Å². The molecule has 0 nitrogen and oxygen atoms in total. The van der Waals surface area contributed by atoms with Crippen molar-refractivity contribution in [3.8, 4) is 20.9 Å². The molecule has 0 amide bonds. The topological polar surface area (TPSA) is 0 Å². The Bertz CT molecular complexity index is 1040. The van der Waals surface area contributed by atoms with Crippen molar-refractivity contribution >= 4 is 22.7 Å². The van der Waals surface area contributed by atoms with E-state index < -0.39 is 11.8 Å². The minimum atomic E-state index is -3.15. The number of hydrogen-bond acceptors (Lipinski definition) is 2. The van der Waals surface area contributed by atoms with Crippen LogP contribution < -0.4 is 0 Å². The van der Waals surface area contributed by atoms with Crippen LogP contribution in [0.3, 0.4) is 0 Å². The quantitative estimate of drug-likeness (QED) is 0.297. The predicted octanol–water partition coefficient (Wildman–Crippen LogP) is 9.34. The molecule has 0 spiro atoms. The summed E-state index contributed by atoms with van der Waals surface area (Å²) >= 11 is 2.51. The Kier molecular flexibility index (Phi) is 5.74. The van der Waals surface area contributed by atoms with Crippen molar-refractivity contribution in [3.05, 3.63) is 55.3 Å². The molecule has 0 atom stereocenters. The maximum Gasteiger partial charge on any atom is 0.300 e. The molecule has 3 aromatic rings. The van der Waals surface area contributed by atoms with E-state index in [1.807, 2.05) is 27.7 Å². The summed E-state index contributed by atoms with van der Waals surface area (Å²) in [6.07, 6.45) is 0. The first-order chi connectivity index (χ1) is 14.1. The third-order valence-electron chi connectivity index (χ3n) is 5.47. The van der Waals surface area contributed by atoms with E-state index in [0.717, 1.165) is 9.75 Å². The first-order valence-corrected chi connectivity index (χ1v) is 11.9. The van der Waals surface area contributed by atoms with E-state index in [1.165, 1.54) is 34.8 Å². The Labute approximate surface area is 183 Å². The lowest BCUT2D eigenvalue weighted by Crippen LogP contribution is -2.16. The van der Waals surface area contributed by atoms with Gasteiger partial charge in [0.05, 0.1) is 0 Å². The van der Waals surface area contributed by atoms with Crippen LogP contribution in [0.15, 0.2) is 12.1 Å². The van der Waals surface area contributed by atoms with Crippen molar-refractivity contribution in [1.29, 1.82) is 0 Å². The Morgan fingerprint density at radius 3 is 1.20 bits per heavy atom. The van der Waals surface area contributed by atoms with Crippen LogP contribution in [0.1, 0.15) is 70.8 Å². The molecule has 2 aliphatic carbocycles. The Hall–Kier alpha value is -1.66. The molecule has 2 aliphatic rings. The average molecular weight is 455 g/mol. The highest BCUT2D eigenvalue weighted by Gasteiger charge is 2.54. The maximum absolute atomic E-state index is 15.2. The van der Waals surface area contributed by atoms with E-state index in [2.05, 4.69) is 0 Å². The molecule has 0 aliphatic heterocycles. The van der Waals surface area contributed by atoms with Crippen molar-refractivity contribution in [1.82, 2.24) is 0 Å². The van der Waals surface area contributed by atoms with Gasteiger partial charge >= 0.3 is 11.8 Å². The minimum absolute atomic E-state index is 0.0456. The predicted molar refractivity (Wildman–Crippen MR) is 121 cm³/mol. The average Bonchev–Trinajstić information content (AvgIpc) is 3.37. The van der Waals surface area contributed by atoms with E-state index in [9.17, 15) is 0 Å². The van der Waals surface area contributed by atoms with Crippen molar-refractivity contribution in [2.75, 3.05) is 0 Å². The molecule has 0 unspecified atom stereocenters. The number of hydrogen-bond donors (Lipinski definition) is 0. The van der Waals surface area contributed by atoms with Crippen LogP contribution in [-0.2, 0) is 11.8 Å². The maximum atomic E-state index is 15.2. The number of fused-ring (bicyclic) bond motifs is 6. The number of alkyl halides is 4. The van der Waals surface area contributed by atoms with Crippen LogP contribution in [0.25, 0.3) is 20.9 Å². The molecule has 30 heavy (non-hydrogen) atoms. The van der Waals surface area contributed by atoms with Crippen molar-refractivity contribution in [2.45, 2.75) is 67.2 Å². The van der Waals surface area contributed by atoms with E-state index in [4.69, 9.17) is 0 Å². The zero-order valence-corrected chi connectivity index (χ0v) is 20.1. The van der Waals surface area contributed by atoms with Crippen LogP contribution in [0.5, 0.6) is 0 Å². The summed E-state index contributed by atoms with van der Waals surface area (Å²) in [5.41, 5.74) is 0.914. The molecule has 0 bridgehead atoms. The summed E-state index contributed by atoms with van der Waals surface area (Å²) in [4.78, 5) is 2.40. The Morgan fingerprint density at radius 1 is 0.600 bits per heavy atom. The van der Waals surface area contributed by atoms with Gasteiger partial charge in [0, 0.05) is 52.9 Å². The summed E-state index contributed by atoms with van der Waals surface area (Å²) < 4.78 is 61.0. The Balaban J connectivity index is 0.000000606. The van der Waals surface area contributed by atoms with Crippen molar-refractivity contribution in [3.63, 3.8) is 0 Å². The summed E-state index contributed by atoms with van der Waals surface area (Å²) in [5.74, 6) is -6.30. The standard InChI is InChI=1S/C20H14F4S2.2C2H6/c1-7-5-11-17(25-7)13-9(3)16-14(10(4)15(13)19(11,21)22)18-12(20(16,23)24)6-8(2)26-18;2*1-2/h5-6H,1-4H3;2*1-2H3. The fourth-order valence-electron chi connectivity index (χ4n) is 4.49. The van der Waals surface area contributed by atoms with Gasteiger partial charge in [0.25, 0.3) is 0 Å². The van der Waals surface area contributed by atoms with Crippen LogP contribution in [0.4, 0.5) is 17.6 Å². The highest BCUT2D eigenvalue weighted by Crippen LogP contribution is 2.63. The van der Waals surface area contributed by atoms with Crippen molar-refractivity contribution in [2.24, 2.45) is 0 Å². The van der Waals surface area contributed by atoms with Gasteiger partial charge < -0.3 is 0 Å². The van der Waals surface area contributed by atoms with Crippen LogP contribution in [-0.4, -0.2) is 0 Å². The number of rotatable bonds is 0. The molecule has 6 heteroatoms. The summed E-state index contributed by atoms with van der Waals surface area (Å²) in [5, 5.41) is 0. The van der Waals surface area contributed by atoms with Gasteiger partial charge in [-0.3, -0.25) is 0 Å². The molecule has 0 radical (unpaired) electrons. The van der Waals surface area contributed by atoms with Gasteiger partial charge in [-0.2, -0.15) is 17.6 Å². The lowest BCUT2D eigenvalue weighted by Gasteiger charge is -2.22. The second-order valence-corrected chi connectivity index (χ2v) is 9.61. The van der Waals surface area contributed by atoms with Crippen LogP contribution in [0.2, 0.25) is 0 Å². The van der Waals surface area contributed by atoms with Crippen molar-refractivity contribution < 1.29 is 17.6 Å². The second-order valence-electron chi connectivity index (χ2n) is 7.10. The number of benzene rings is 1. The molecule has 0 N–H and O–H groups in total. The zero-order chi connectivity index (χ0) is 22.8. The fraction of sp³-hybridized carbons (Fsp3) is 0.417. The molecule has 0 saturated heterocycles. The molecule has 0 saturated carbocycles. The molecular formula is C24H26F4S2. The smallest absolute Gasteiger partial charge is 0.196 e. The highest BCUT2D eigenvalue weighted by atomic mass is 32.1. The molecule has 162 valence electrons. The molecule has 5 rings (SSSR count). The lowest BCUT2D eigenvalue weighted by atomic mass is 9.88. The highest BCUT2D eigenvalue weighted by molar-refractivity contribution is 7.16. The van der Waals surface area contributed by atoms with Gasteiger partial charge in [0.2, 0.25) is 0 Å². The van der Waals surface area contributed by atoms with E-state index >= 15 is 17.6 Å². The monoisotopic (exact) mass is 454 g/mol. The molecule has 0 fully saturated rings. The summed E-state index contributed by atoms with van der Waals surface area (Å²) in [6.45, 7) is 14.7. The molecule has 2 heterocycles. The summed E-state index contributed by atoms with van der Waals surface area (Å²) in [7, 11) is 0. The third-order valence-corrected chi connectivity index (χ3v) is 7.61. The number of aryl methyl sites for hydroxylation is 2. The molecule has 2 aromatic heterocycles. The van der Waals surface area contributed by atoms with Crippen LogP contribution in [0, 0.1) is 27.7 Å². The van der Waals surface area contributed by atoms with Gasteiger partial charge in [-0.05, 0) is 51.0 Å². The minimum Gasteiger partial charge on any atom is -0.196 e. The lowest BCUT2D eigenvalue weighted by molar-refractivity contribution is 0.0443. The van der Waals surface area contributed by atoms with E-state index in [-0.39, 0.29) is 33.4 Å². The summed E-state index contributed by atoms with van der Waals surface area (Å²) in [6, 6.07) is 2.98. The largest absolute Gasteiger partial charge is 0.300 e. The number of thiophene rings is 2. The van der Waals surface area contributed by atoms with Gasteiger partial charge in [-0.25, -0.2) is 0 Å². The molecular weight excluding hydrogens is 428 g/mol. The number of halogens is 4. The van der Waals surface area contributed by atoms with Gasteiger partial charge in [0.1, 0.15) is 0 Å². The fourth-order valence-corrected chi connectivity index (χ4v) is 6.79.